The minimum absolute atomic E-state index is 0.261. The fraction of sp³-hybridized carbons (Fsp3) is 0.0909. The van der Waals surface area contributed by atoms with Crippen molar-refractivity contribution in [3.05, 3.63) is 88.9 Å². The highest BCUT2D eigenvalue weighted by Crippen LogP contribution is 2.27. The third-order valence-corrected chi connectivity index (χ3v) is 5.73. The standard InChI is InChI=1S/C22H16FN3O3S/c1-26-21(28)16-9-8-15(11-18(16)22(26)29)25-19(27)17-3-2-10-24-20(17)30-12-13-4-6-14(23)7-5-13/h2-11H,12H2,1H3,(H,25,27). The molecule has 3 aromatic rings. The Labute approximate surface area is 176 Å². The van der Waals surface area contributed by atoms with Crippen molar-refractivity contribution in [1.29, 1.82) is 0 Å². The number of nitrogens with zero attached hydrogens (tertiary/aromatic N) is 2. The summed E-state index contributed by atoms with van der Waals surface area (Å²) >= 11 is 1.37. The highest BCUT2D eigenvalue weighted by atomic mass is 32.2. The van der Waals surface area contributed by atoms with Gasteiger partial charge in [-0.25, -0.2) is 9.37 Å². The molecule has 0 spiro atoms. The van der Waals surface area contributed by atoms with Crippen LogP contribution < -0.4 is 5.32 Å². The topological polar surface area (TPSA) is 79.4 Å². The van der Waals surface area contributed by atoms with Crippen LogP contribution in [0.25, 0.3) is 0 Å². The van der Waals surface area contributed by atoms with Crippen molar-refractivity contribution in [2.75, 3.05) is 12.4 Å². The number of amides is 3. The fourth-order valence-electron chi connectivity index (χ4n) is 3.05. The number of halogens is 1. The number of imide groups is 1. The molecule has 1 N–H and O–H groups in total. The van der Waals surface area contributed by atoms with E-state index in [4.69, 9.17) is 0 Å². The number of benzene rings is 2. The summed E-state index contributed by atoms with van der Waals surface area (Å²) in [6, 6.07) is 14.1. The molecule has 0 atom stereocenters. The van der Waals surface area contributed by atoms with E-state index in [1.807, 2.05) is 0 Å². The molecule has 2 aromatic carbocycles. The van der Waals surface area contributed by atoms with Crippen LogP contribution in [0.2, 0.25) is 0 Å². The van der Waals surface area contributed by atoms with E-state index in [1.54, 1.807) is 36.5 Å². The first-order valence-corrected chi connectivity index (χ1v) is 10.0. The van der Waals surface area contributed by atoms with E-state index in [9.17, 15) is 18.8 Å². The molecule has 1 aliphatic heterocycles. The first-order chi connectivity index (χ1) is 14.4. The van der Waals surface area contributed by atoms with Crippen molar-refractivity contribution in [2.24, 2.45) is 0 Å². The lowest BCUT2D eigenvalue weighted by molar-refractivity contribution is 0.0692. The lowest BCUT2D eigenvalue weighted by atomic mass is 10.1. The molecular formula is C22H16FN3O3S. The highest BCUT2D eigenvalue weighted by Gasteiger charge is 2.32. The van der Waals surface area contributed by atoms with E-state index in [0.29, 0.717) is 27.6 Å². The maximum absolute atomic E-state index is 13.1. The number of pyridine rings is 1. The van der Waals surface area contributed by atoms with Crippen LogP contribution in [0.3, 0.4) is 0 Å². The van der Waals surface area contributed by atoms with Crippen LogP contribution >= 0.6 is 11.8 Å². The van der Waals surface area contributed by atoms with E-state index in [1.165, 1.54) is 43.1 Å². The normalized spacial score (nSPS) is 12.8. The van der Waals surface area contributed by atoms with E-state index < -0.39 is 5.91 Å². The first kappa shape index (κ1) is 19.8. The van der Waals surface area contributed by atoms with Gasteiger partial charge in [-0.15, -0.1) is 11.8 Å². The zero-order valence-corrected chi connectivity index (χ0v) is 16.7. The van der Waals surface area contributed by atoms with E-state index in [-0.39, 0.29) is 23.2 Å². The number of thioether (sulfide) groups is 1. The van der Waals surface area contributed by atoms with Gasteiger partial charge < -0.3 is 5.32 Å². The molecule has 1 aliphatic rings. The van der Waals surface area contributed by atoms with Gasteiger partial charge in [0.2, 0.25) is 0 Å². The largest absolute Gasteiger partial charge is 0.322 e. The summed E-state index contributed by atoms with van der Waals surface area (Å²) in [5.74, 6) is -0.917. The Hall–Kier alpha value is -3.52. The van der Waals surface area contributed by atoms with Crippen molar-refractivity contribution in [3.8, 4) is 0 Å². The Kier molecular flexibility index (Phi) is 5.33. The van der Waals surface area contributed by atoms with Crippen molar-refractivity contribution in [2.45, 2.75) is 10.8 Å². The van der Waals surface area contributed by atoms with Crippen molar-refractivity contribution in [3.63, 3.8) is 0 Å². The number of aromatic nitrogens is 1. The molecule has 6 nitrogen and oxygen atoms in total. The Morgan fingerprint density at radius 1 is 1.07 bits per heavy atom. The summed E-state index contributed by atoms with van der Waals surface area (Å²) in [6.45, 7) is 0. The van der Waals surface area contributed by atoms with Gasteiger partial charge in [-0.2, -0.15) is 0 Å². The summed E-state index contributed by atoms with van der Waals surface area (Å²) in [4.78, 5) is 42.3. The van der Waals surface area contributed by atoms with E-state index in [0.717, 1.165) is 10.5 Å². The van der Waals surface area contributed by atoms with Gasteiger partial charge in [-0.05, 0) is 48.0 Å². The van der Waals surface area contributed by atoms with Gasteiger partial charge in [-0.1, -0.05) is 12.1 Å². The number of carbonyl (C=O) groups is 3. The molecule has 3 amide bonds. The van der Waals surface area contributed by atoms with Crippen molar-refractivity contribution in [1.82, 2.24) is 9.88 Å². The summed E-state index contributed by atoms with van der Waals surface area (Å²) in [5.41, 5.74) is 2.28. The molecule has 0 aliphatic carbocycles. The third kappa shape index (κ3) is 3.81. The molecule has 1 aromatic heterocycles. The van der Waals surface area contributed by atoms with Crippen LogP contribution in [0, 0.1) is 5.82 Å². The molecule has 0 fully saturated rings. The summed E-state index contributed by atoms with van der Waals surface area (Å²) < 4.78 is 13.1. The number of hydrogen-bond acceptors (Lipinski definition) is 5. The van der Waals surface area contributed by atoms with Crippen LogP contribution in [0.15, 0.2) is 65.8 Å². The van der Waals surface area contributed by atoms with Gasteiger partial charge in [0.25, 0.3) is 17.7 Å². The fourth-order valence-corrected chi connectivity index (χ4v) is 4.00. The number of anilines is 1. The SMILES string of the molecule is CN1C(=O)c2ccc(NC(=O)c3cccnc3SCc3ccc(F)cc3)cc2C1=O. The Morgan fingerprint density at radius 2 is 1.80 bits per heavy atom. The van der Waals surface area contributed by atoms with Gasteiger partial charge >= 0.3 is 0 Å². The Balaban J connectivity index is 1.51. The maximum Gasteiger partial charge on any atom is 0.261 e. The van der Waals surface area contributed by atoms with E-state index in [2.05, 4.69) is 10.3 Å². The molecule has 4 rings (SSSR count). The molecular weight excluding hydrogens is 405 g/mol. The second-order valence-electron chi connectivity index (χ2n) is 6.66. The van der Waals surface area contributed by atoms with E-state index >= 15 is 0 Å². The minimum Gasteiger partial charge on any atom is -0.322 e. The van der Waals surface area contributed by atoms with Gasteiger partial charge in [0.05, 0.1) is 16.7 Å². The molecule has 0 unspecified atom stereocenters. The molecule has 150 valence electrons. The Bertz CT molecular complexity index is 1160. The van der Waals surface area contributed by atoms with Gasteiger partial charge in [-0.3, -0.25) is 19.3 Å². The van der Waals surface area contributed by atoms with Crippen molar-refractivity contribution >= 4 is 35.2 Å². The predicted octanol–water partition coefficient (Wildman–Crippen LogP) is 3.99. The Morgan fingerprint density at radius 3 is 2.57 bits per heavy atom. The maximum atomic E-state index is 13.1. The summed E-state index contributed by atoms with van der Waals surface area (Å²) in [6.07, 6.45) is 1.60. The lowest BCUT2D eigenvalue weighted by Crippen LogP contribution is -2.24. The smallest absolute Gasteiger partial charge is 0.261 e. The average molecular weight is 421 g/mol. The molecule has 8 heteroatoms. The quantitative estimate of drug-likeness (QED) is 0.498. The zero-order valence-electron chi connectivity index (χ0n) is 15.9. The highest BCUT2D eigenvalue weighted by molar-refractivity contribution is 7.98. The van der Waals surface area contributed by atoms with Gasteiger partial charge in [0.1, 0.15) is 10.8 Å². The average Bonchev–Trinajstić information content (AvgIpc) is 2.97. The van der Waals surface area contributed by atoms with Gasteiger partial charge in [0.15, 0.2) is 0 Å². The number of fused-ring (bicyclic) bond motifs is 1. The van der Waals surface area contributed by atoms with Gasteiger partial charge in [0, 0.05) is 24.7 Å². The summed E-state index contributed by atoms with van der Waals surface area (Å²) in [7, 11) is 1.42. The number of nitrogens with one attached hydrogen (secondary N) is 1. The molecule has 0 bridgehead atoms. The molecule has 0 radical (unpaired) electrons. The minimum atomic E-state index is -0.400. The zero-order chi connectivity index (χ0) is 21.3. The second kappa shape index (κ2) is 8.08. The predicted molar refractivity (Wildman–Crippen MR) is 111 cm³/mol. The number of rotatable bonds is 5. The molecule has 0 saturated carbocycles. The van der Waals surface area contributed by atoms with Crippen LogP contribution in [-0.4, -0.2) is 34.7 Å². The number of hydrogen-bond donors (Lipinski definition) is 1. The number of carbonyl (C=O) groups excluding carboxylic acids is 3. The van der Waals surface area contributed by atoms with Crippen LogP contribution in [-0.2, 0) is 5.75 Å². The lowest BCUT2D eigenvalue weighted by Gasteiger charge is -2.10. The first-order valence-electron chi connectivity index (χ1n) is 9.04. The van der Waals surface area contributed by atoms with Crippen molar-refractivity contribution < 1.29 is 18.8 Å². The van der Waals surface area contributed by atoms with Crippen LogP contribution in [0.5, 0.6) is 0 Å². The molecule has 2 heterocycles. The monoisotopic (exact) mass is 421 g/mol. The third-order valence-electron chi connectivity index (χ3n) is 4.65. The summed E-state index contributed by atoms with van der Waals surface area (Å²) in [5, 5.41) is 3.29. The van der Waals surface area contributed by atoms with Crippen LogP contribution in [0.4, 0.5) is 10.1 Å². The van der Waals surface area contributed by atoms with Crippen LogP contribution in [0.1, 0.15) is 36.6 Å². The molecule has 0 saturated heterocycles. The molecule has 30 heavy (non-hydrogen) atoms. The second-order valence-corrected chi connectivity index (χ2v) is 7.62.